The van der Waals surface area contributed by atoms with Gasteiger partial charge in [-0.25, -0.2) is 0 Å². The Kier molecular flexibility index (Phi) is 15.4. The lowest BCUT2D eigenvalue weighted by Gasteiger charge is -2.33. The first kappa shape index (κ1) is 40.9. The van der Waals surface area contributed by atoms with E-state index in [2.05, 4.69) is 83.3 Å². The Labute approximate surface area is 343 Å². The van der Waals surface area contributed by atoms with Crippen molar-refractivity contribution in [3.63, 3.8) is 0 Å². The summed E-state index contributed by atoms with van der Waals surface area (Å²) in [6.45, 7) is 4.49. The van der Waals surface area contributed by atoms with Crippen molar-refractivity contribution in [2.45, 2.75) is 109 Å². The number of allylic oxidation sites excluding steroid dienone is 2. The fraction of sp³-hybridized carbons (Fsp3) is 0.362. The molecular formula is C47H52I2O4. The lowest BCUT2D eigenvalue weighted by Crippen LogP contribution is -2.26. The Balaban J connectivity index is 1.56. The second-order valence-electron chi connectivity index (χ2n) is 14.4. The summed E-state index contributed by atoms with van der Waals surface area (Å²) in [6, 6.07) is 26.9. The molecule has 2 N–H and O–H groups in total. The van der Waals surface area contributed by atoms with Crippen LogP contribution < -0.4 is 0 Å². The summed E-state index contributed by atoms with van der Waals surface area (Å²) in [7, 11) is 0. The summed E-state index contributed by atoms with van der Waals surface area (Å²) in [5.41, 5.74) is 6.57. The summed E-state index contributed by atoms with van der Waals surface area (Å²) < 4.78 is 2.09. The van der Waals surface area contributed by atoms with Crippen LogP contribution in [-0.4, -0.2) is 21.8 Å². The van der Waals surface area contributed by atoms with E-state index in [1.165, 1.54) is 74.6 Å². The van der Waals surface area contributed by atoms with Crippen LogP contribution in [0.25, 0.3) is 22.6 Å². The standard InChI is InChI=1S/C47H52I2O4/c1-3-5-7-9-11-13-27-47(28-14-12-10-8-6-4-2)41-29-35(45(52)31-43(50)33-15-21-37(48)22-16-33)19-25-39(41)40-26-20-36(30-42(40)47)46(53)32-44(51)34-17-23-38(49)24-18-34/h15-26,29-32,52-53H,3-14,27-28H2,1-2H3/b45-31-,46-32-. The fourth-order valence-electron chi connectivity index (χ4n) is 7.70. The normalized spacial score (nSPS) is 13.5. The Morgan fingerprint density at radius 3 is 1.23 bits per heavy atom. The highest BCUT2D eigenvalue weighted by molar-refractivity contribution is 14.1. The van der Waals surface area contributed by atoms with Gasteiger partial charge in [0.2, 0.25) is 0 Å². The molecule has 0 heterocycles. The minimum Gasteiger partial charge on any atom is -0.507 e. The molecule has 1 aliphatic rings. The van der Waals surface area contributed by atoms with Crippen molar-refractivity contribution in [1.29, 1.82) is 0 Å². The van der Waals surface area contributed by atoms with Crippen molar-refractivity contribution >= 4 is 68.3 Å². The van der Waals surface area contributed by atoms with Gasteiger partial charge in [0.1, 0.15) is 11.5 Å². The van der Waals surface area contributed by atoms with Gasteiger partial charge in [-0.05, 0) is 117 Å². The Morgan fingerprint density at radius 1 is 0.509 bits per heavy atom. The average molecular weight is 935 g/mol. The first-order chi connectivity index (χ1) is 25.7. The number of fused-ring (bicyclic) bond motifs is 3. The van der Waals surface area contributed by atoms with Gasteiger partial charge in [0.15, 0.2) is 11.6 Å². The largest absolute Gasteiger partial charge is 0.507 e. The van der Waals surface area contributed by atoms with Gasteiger partial charge >= 0.3 is 0 Å². The Morgan fingerprint density at radius 2 is 0.849 bits per heavy atom. The summed E-state index contributed by atoms with van der Waals surface area (Å²) in [5, 5.41) is 22.8. The molecule has 0 saturated heterocycles. The maximum absolute atomic E-state index is 13.2. The molecule has 0 aliphatic heterocycles. The van der Waals surface area contributed by atoms with Crippen molar-refractivity contribution in [2.75, 3.05) is 0 Å². The molecule has 278 valence electrons. The zero-order chi connectivity index (χ0) is 37.8. The van der Waals surface area contributed by atoms with Crippen LogP contribution in [-0.2, 0) is 5.41 Å². The number of carbonyl (C=O) groups is 2. The highest BCUT2D eigenvalue weighted by Crippen LogP contribution is 2.55. The van der Waals surface area contributed by atoms with E-state index in [1.54, 1.807) is 24.3 Å². The number of aliphatic hydroxyl groups excluding tert-OH is 2. The molecule has 0 unspecified atom stereocenters. The van der Waals surface area contributed by atoms with Crippen LogP contribution in [0.1, 0.15) is 147 Å². The van der Waals surface area contributed by atoms with Crippen LogP contribution in [0.2, 0.25) is 0 Å². The quantitative estimate of drug-likeness (QED) is 0.0304. The zero-order valence-electron chi connectivity index (χ0n) is 31.1. The van der Waals surface area contributed by atoms with Gasteiger partial charge in [0.25, 0.3) is 0 Å². The lowest BCUT2D eigenvalue weighted by molar-refractivity contribution is 0.103. The van der Waals surface area contributed by atoms with E-state index in [4.69, 9.17) is 0 Å². The number of halogens is 2. The van der Waals surface area contributed by atoms with E-state index < -0.39 is 0 Å². The molecule has 0 saturated carbocycles. The maximum Gasteiger partial charge on any atom is 0.189 e. The molecule has 5 rings (SSSR count). The van der Waals surface area contributed by atoms with Gasteiger partial charge in [0.05, 0.1) is 0 Å². The third-order valence-electron chi connectivity index (χ3n) is 10.7. The number of ketones is 2. The topological polar surface area (TPSA) is 74.6 Å². The van der Waals surface area contributed by atoms with Crippen molar-refractivity contribution in [2.24, 2.45) is 0 Å². The molecule has 0 fully saturated rings. The number of benzene rings is 4. The van der Waals surface area contributed by atoms with Gasteiger partial charge in [-0.15, -0.1) is 0 Å². The maximum atomic E-state index is 13.2. The third-order valence-corrected chi connectivity index (χ3v) is 12.1. The minimum absolute atomic E-state index is 0.0456. The fourth-order valence-corrected chi connectivity index (χ4v) is 8.42. The van der Waals surface area contributed by atoms with Crippen LogP contribution in [0, 0.1) is 7.14 Å². The van der Waals surface area contributed by atoms with Crippen molar-refractivity contribution in [3.05, 3.63) is 138 Å². The molecule has 4 aromatic carbocycles. The molecular weight excluding hydrogens is 882 g/mol. The Bertz CT molecular complexity index is 1780. The van der Waals surface area contributed by atoms with Crippen molar-refractivity contribution < 1.29 is 19.8 Å². The highest BCUT2D eigenvalue weighted by Gasteiger charge is 2.42. The van der Waals surface area contributed by atoms with Gasteiger partial charge in [-0.2, -0.15) is 0 Å². The second kappa shape index (κ2) is 19.9. The van der Waals surface area contributed by atoms with Gasteiger partial charge in [-0.3, -0.25) is 9.59 Å². The second-order valence-corrected chi connectivity index (χ2v) is 16.9. The van der Waals surface area contributed by atoms with Crippen LogP contribution in [0.5, 0.6) is 0 Å². The highest BCUT2D eigenvalue weighted by atomic mass is 127. The molecule has 4 nitrogen and oxygen atoms in total. The van der Waals surface area contributed by atoms with E-state index in [1.807, 2.05) is 36.4 Å². The molecule has 53 heavy (non-hydrogen) atoms. The van der Waals surface area contributed by atoms with E-state index in [-0.39, 0.29) is 28.5 Å². The molecule has 0 radical (unpaired) electrons. The summed E-state index contributed by atoms with van der Waals surface area (Å²) in [4.78, 5) is 26.3. The summed E-state index contributed by atoms with van der Waals surface area (Å²) in [6.07, 6.45) is 18.8. The van der Waals surface area contributed by atoms with Gasteiger partial charge < -0.3 is 10.2 Å². The van der Waals surface area contributed by atoms with Crippen LogP contribution >= 0.6 is 45.2 Å². The van der Waals surface area contributed by atoms with Crippen LogP contribution in [0.3, 0.4) is 0 Å². The molecule has 0 aromatic heterocycles. The SMILES string of the molecule is CCCCCCCCC1(CCCCCCCC)c2cc(/C(O)=C/C(=O)c3ccc(I)cc3)ccc2-c2ccc(/C(O)=C/C(=O)c3ccc(I)cc3)cc21. The lowest BCUT2D eigenvalue weighted by atomic mass is 9.70. The molecule has 1 aliphatic carbocycles. The monoisotopic (exact) mass is 934 g/mol. The number of hydrogen-bond acceptors (Lipinski definition) is 4. The molecule has 0 atom stereocenters. The average Bonchev–Trinajstić information content (AvgIpc) is 3.43. The van der Waals surface area contributed by atoms with E-state index in [9.17, 15) is 19.8 Å². The van der Waals surface area contributed by atoms with Gasteiger partial charge in [0, 0.05) is 47.0 Å². The van der Waals surface area contributed by atoms with Gasteiger partial charge in [-0.1, -0.05) is 139 Å². The first-order valence-corrected chi connectivity index (χ1v) is 21.5. The van der Waals surface area contributed by atoms with E-state index in [0.29, 0.717) is 22.3 Å². The first-order valence-electron chi connectivity index (χ1n) is 19.4. The van der Waals surface area contributed by atoms with Crippen molar-refractivity contribution in [1.82, 2.24) is 0 Å². The predicted octanol–water partition coefficient (Wildman–Crippen LogP) is 14.2. The summed E-state index contributed by atoms with van der Waals surface area (Å²) >= 11 is 4.43. The molecule has 6 heteroatoms. The number of hydrogen-bond donors (Lipinski definition) is 2. The molecule has 0 spiro atoms. The predicted molar refractivity (Wildman–Crippen MR) is 237 cm³/mol. The number of unbranched alkanes of at least 4 members (excludes halogenated alkanes) is 10. The molecule has 0 bridgehead atoms. The smallest absolute Gasteiger partial charge is 0.189 e. The summed E-state index contributed by atoms with van der Waals surface area (Å²) in [5.74, 6) is -0.564. The third kappa shape index (κ3) is 10.5. The van der Waals surface area contributed by atoms with Crippen LogP contribution in [0.4, 0.5) is 0 Å². The van der Waals surface area contributed by atoms with E-state index >= 15 is 0 Å². The number of carbonyl (C=O) groups excluding carboxylic acids is 2. The zero-order valence-corrected chi connectivity index (χ0v) is 35.4. The minimum atomic E-state index is -0.340. The number of aliphatic hydroxyl groups is 2. The van der Waals surface area contributed by atoms with Crippen molar-refractivity contribution in [3.8, 4) is 11.1 Å². The van der Waals surface area contributed by atoms with Crippen LogP contribution in [0.15, 0.2) is 97.1 Å². The molecule has 4 aromatic rings. The Hall–Kier alpha value is -3.24. The number of rotatable bonds is 20. The molecule has 0 amide bonds. The van der Waals surface area contributed by atoms with E-state index in [0.717, 1.165) is 56.8 Å².